The van der Waals surface area contributed by atoms with E-state index >= 15 is 4.39 Å². The molecule has 0 radical (unpaired) electrons. The van der Waals surface area contributed by atoms with Crippen molar-refractivity contribution < 1.29 is 91.4 Å². The Morgan fingerprint density at radius 3 is 2.30 bits per heavy atom. The molecule has 1 saturated heterocycles. The van der Waals surface area contributed by atoms with Crippen LogP contribution in [0.25, 0.3) is 0 Å². The monoisotopic (exact) mass is 680 g/mol. The maximum absolute atomic E-state index is 15.1. The Kier molecular flexibility index (Phi) is 12.0. The normalized spacial score (nSPS) is 21.0. The number of aliphatic hydroxyl groups is 3. The van der Waals surface area contributed by atoms with Crippen molar-refractivity contribution in [2.45, 2.75) is 36.8 Å². The van der Waals surface area contributed by atoms with E-state index in [1.807, 2.05) is 0 Å². The molecule has 3 aromatic rings. The van der Waals surface area contributed by atoms with Gasteiger partial charge in [-0.3, -0.25) is 14.7 Å². The summed E-state index contributed by atoms with van der Waals surface area (Å²) < 4.78 is 66.7. The van der Waals surface area contributed by atoms with Gasteiger partial charge >= 0.3 is 41.8 Å². The van der Waals surface area contributed by atoms with Crippen molar-refractivity contribution in [3.8, 4) is 11.5 Å². The Balaban J connectivity index is 0.00000576. The predicted molar refractivity (Wildman–Crippen MR) is 144 cm³/mol. The molecule has 2 aromatic carbocycles. The number of anilines is 2. The van der Waals surface area contributed by atoms with Gasteiger partial charge in [0.05, 0.1) is 22.2 Å². The molecular weight excluding hydrogens is 659 g/mol. The van der Waals surface area contributed by atoms with E-state index in [-0.39, 0.29) is 51.7 Å². The second-order valence-corrected chi connectivity index (χ2v) is 9.81. The Bertz CT molecular complexity index is 1620. The van der Waals surface area contributed by atoms with Crippen LogP contribution in [0.1, 0.15) is 16.1 Å². The summed E-state index contributed by atoms with van der Waals surface area (Å²) in [5.74, 6) is -3.73. The van der Waals surface area contributed by atoms with Crippen LogP contribution >= 0.6 is 11.6 Å². The molecule has 2 heterocycles. The number of aromatic nitrogens is 1. The summed E-state index contributed by atoms with van der Waals surface area (Å²) in [4.78, 5) is 41.0. The van der Waals surface area contributed by atoms with Crippen molar-refractivity contribution in [2.24, 2.45) is 0 Å². The minimum absolute atomic E-state index is 0. The molecule has 1 aliphatic rings. The fourth-order valence-corrected chi connectivity index (χ4v) is 4.45. The van der Waals surface area contributed by atoms with E-state index in [0.29, 0.717) is 6.07 Å². The van der Waals surface area contributed by atoms with Gasteiger partial charge in [-0.1, -0.05) is 11.6 Å². The third-order valence-electron chi connectivity index (χ3n) is 6.44. The largest absolute Gasteiger partial charge is 1.00 e. The molecule has 0 unspecified atom stereocenters. The summed E-state index contributed by atoms with van der Waals surface area (Å²) in [6.07, 6.45) is -15.2. The smallest absolute Gasteiger partial charge is 0.547 e. The first-order chi connectivity index (χ1) is 21.1. The van der Waals surface area contributed by atoms with Crippen LogP contribution in [-0.2, 0) is 15.7 Å². The second-order valence-electron chi connectivity index (χ2n) is 9.40. The van der Waals surface area contributed by atoms with Gasteiger partial charge in [-0.05, 0) is 36.4 Å². The molecule has 5 atom stereocenters. The summed E-state index contributed by atoms with van der Waals surface area (Å²) >= 11 is 5.68. The summed E-state index contributed by atoms with van der Waals surface area (Å²) in [6, 6.07) is 6.20. The van der Waals surface area contributed by atoms with Crippen LogP contribution in [0.4, 0.5) is 33.7 Å². The molecule has 1 aliphatic heterocycles. The van der Waals surface area contributed by atoms with E-state index in [9.17, 15) is 48.0 Å². The summed E-state index contributed by atoms with van der Waals surface area (Å²) in [7, 11) is 1.39. The van der Waals surface area contributed by atoms with Gasteiger partial charge in [-0.15, -0.1) is 0 Å². The molecular formula is C27H22ClF4N4NaO9. The summed E-state index contributed by atoms with van der Waals surface area (Å²) in [5.41, 5.74) is -2.68. The Morgan fingerprint density at radius 2 is 1.70 bits per heavy atom. The number of carboxylic acid groups (broad SMARTS) is 1. The zero-order valence-corrected chi connectivity index (χ0v) is 26.4. The number of amides is 3. The van der Waals surface area contributed by atoms with Crippen LogP contribution in [0.2, 0.25) is 5.02 Å². The quantitative estimate of drug-likeness (QED) is 0.147. The third-order valence-corrected chi connectivity index (χ3v) is 6.77. The fourth-order valence-electron chi connectivity index (χ4n) is 4.23. The van der Waals surface area contributed by atoms with Crippen molar-refractivity contribution in [1.29, 1.82) is 0 Å². The molecule has 46 heavy (non-hydrogen) atoms. The van der Waals surface area contributed by atoms with E-state index < -0.39 is 82.5 Å². The molecule has 13 nitrogen and oxygen atoms in total. The summed E-state index contributed by atoms with van der Waals surface area (Å²) in [5, 5.41) is 46.1. The number of nitrogens with zero attached hydrogens (tertiary/aromatic N) is 2. The third kappa shape index (κ3) is 8.05. The average molecular weight is 681 g/mol. The van der Waals surface area contributed by atoms with Crippen LogP contribution in [0.15, 0.2) is 54.7 Å². The first-order valence-electron chi connectivity index (χ1n) is 12.7. The van der Waals surface area contributed by atoms with Crippen molar-refractivity contribution in [3.05, 3.63) is 76.8 Å². The number of aliphatic hydroxyl groups excluding tert-OH is 3. The maximum Gasteiger partial charge on any atom is 1.00 e. The van der Waals surface area contributed by atoms with Crippen molar-refractivity contribution in [2.75, 3.05) is 17.3 Å². The van der Waals surface area contributed by atoms with Gasteiger partial charge in [0.1, 0.15) is 47.4 Å². The van der Waals surface area contributed by atoms with Crippen molar-refractivity contribution in [3.63, 3.8) is 0 Å². The number of alkyl halides is 3. The van der Waals surface area contributed by atoms with E-state index in [0.717, 1.165) is 24.3 Å². The second kappa shape index (κ2) is 14.9. The number of rotatable bonds is 7. The van der Waals surface area contributed by atoms with Gasteiger partial charge in [0, 0.05) is 31.1 Å². The van der Waals surface area contributed by atoms with Gasteiger partial charge < -0.3 is 45.3 Å². The number of benzene rings is 2. The number of urea groups is 1. The number of halogens is 5. The average Bonchev–Trinajstić information content (AvgIpc) is 2.98. The van der Waals surface area contributed by atoms with E-state index in [1.54, 1.807) is 0 Å². The molecule has 3 amide bonds. The van der Waals surface area contributed by atoms with Crippen molar-refractivity contribution >= 4 is 40.9 Å². The molecule has 0 aliphatic carbocycles. The zero-order chi connectivity index (χ0) is 33.2. The topological polar surface area (TPSA) is 194 Å². The minimum atomic E-state index is -5.04. The van der Waals surface area contributed by atoms with Gasteiger partial charge in [-0.25, -0.2) is 9.18 Å². The molecule has 0 spiro atoms. The van der Waals surface area contributed by atoms with Crippen LogP contribution < -0.4 is 54.9 Å². The molecule has 5 N–H and O–H groups in total. The van der Waals surface area contributed by atoms with E-state index in [4.69, 9.17) is 21.1 Å². The maximum atomic E-state index is 15.1. The predicted octanol–water partition coefficient (Wildman–Crippen LogP) is -1.36. The minimum Gasteiger partial charge on any atom is -0.547 e. The standard InChI is InChI=1S/C27H23ClF4N4O9.Na/c1-33-23(40)18-10-13(6-7-34-18)44-12-3-5-17(16(29)9-12)35-26(43)36(11-2-4-15(28)14(8-11)27(30,31)32)24-21(39)19(37)20(38)22(45-24)25(41)42;/h2-10,19-22,24,37-39H,1H3,(H,33,40)(H,35,43)(H,41,42);/q;+1/p-1/t19-,20-,21+,22-,24+;/m0./s1. The first-order valence-corrected chi connectivity index (χ1v) is 13.0. The van der Waals surface area contributed by atoms with Crippen LogP contribution in [-0.4, -0.2) is 75.9 Å². The van der Waals surface area contributed by atoms with Gasteiger partial charge in [0.2, 0.25) is 0 Å². The van der Waals surface area contributed by atoms with Gasteiger partial charge in [0.25, 0.3) is 5.91 Å². The number of carbonyl (C=O) groups is 3. The molecule has 4 rings (SSSR count). The first kappa shape index (κ1) is 36.9. The number of ether oxygens (including phenoxy) is 2. The molecule has 19 heteroatoms. The van der Waals surface area contributed by atoms with Crippen LogP contribution in [0.3, 0.4) is 0 Å². The van der Waals surface area contributed by atoms with Gasteiger partial charge in [0.15, 0.2) is 6.23 Å². The molecule has 240 valence electrons. The fraction of sp³-hybridized carbons (Fsp3) is 0.259. The van der Waals surface area contributed by atoms with Crippen LogP contribution in [0.5, 0.6) is 11.5 Å². The number of pyridine rings is 1. The van der Waals surface area contributed by atoms with Crippen LogP contribution in [0, 0.1) is 5.82 Å². The molecule has 1 fully saturated rings. The van der Waals surface area contributed by atoms with E-state index in [1.165, 1.54) is 31.4 Å². The van der Waals surface area contributed by atoms with Crippen molar-refractivity contribution in [1.82, 2.24) is 10.3 Å². The number of carbonyl (C=O) groups excluding carboxylic acids is 3. The number of hydrogen-bond acceptors (Lipinski definition) is 10. The van der Waals surface area contributed by atoms with E-state index in [2.05, 4.69) is 15.6 Å². The molecule has 0 saturated carbocycles. The number of aliphatic carboxylic acids is 1. The number of nitrogens with one attached hydrogen (secondary N) is 2. The SMILES string of the molecule is CNC(=O)c1cc(Oc2ccc(NC(=O)N(c3ccc(Cl)c(C(F)(F)F)c3)[C@@H]3O[C@H](C(=O)[O-])[C@@H](O)[C@H](O)[C@H]3O)c(F)c2)ccn1.[Na+]. The number of carboxylic acids is 1. The summed E-state index contributed by atoms with van der Waals surface area (Å²) in [6.45, 7) is 0. The Labute approximate surface area is 284 Å². The Morgan fingerprint density at radius 1 is 1.02 bits per heavy atom. The molecule has 1 aromatic heterocycles. The molecule has 0 bridgehead atoms. The number of hydrogen-bond donors (Lipinski definition) is 5. The Hall–Kier alpha value is -3.55. The van der Waals surface area contributed by atoms with Gasteiger partial charge in [-0.2, -0.15) is 13.2 Å². The zero-order valence-electron chi connectivity index (χ0n) is 23.7.